The summed E-state index contributed by atoms with van der Waals surface area (Å²) in [6, 6.07) is 11.4. The Morgan fingerprint density at radius 2 is 1.92 bits per heavy atom. The summed E-state index contributed by atoms with van der Waals surface area (Å²) in [7, 11) is 1.50. The zero-order chi connectivity index (χ0) is 17.5. The number of anilines is 2. The molecule has 0 aliphatic carbocycles. The molecule has 126 valence electrons. The third kappa shape index (κ3) is 4.63. The molecule has 0 aliphatic heterocycles. The highest BCUT2D eigenvalue weighted by molar-refractivity contribution is 6.31. The van der Waals surface area contributed by atoms with Gasteiger partial charge in [0.2, 0.25) is 0 Å². The van der Waals surface area contributed by atoms with E-state index in [9.17, 15) is 9.59 Å². The maximum Gasteiger partial charge on any atom is 0.411 e. The minimum atomic E-state index is -0.577. The SMILES string of the molecule is CCOC(=O)Nc1cccc(C(=O)Nc2cc(Cl)ccc2OC)c1. The lowest BCUT2D eigenvalue weighted by Gasteiger charge is -2.11. The van der Waals surface area contributed by atoms with Gasteiger partial charge in [-0.3, -0.25) is 10.1 Å². The second-order valence-electron chi connectivity index (χ2n) is 4.73. The van der Waals surface area contributed by atoms with Crippen molar-refractivity contribution in [3.05, 3.63) is 53.1 Å². The zero-order valence-electron chi connectivity index (χ0n) is 13.3. The van der Waals surface area contributed by atoms with Crippen LogP contribution in [0.5, 0.6) is 5.75 Å². The quantitative estimate of drug-likeness (QED) is 0.850. The van der Waals surface area contributed by atoms with Crippen LogP contribution in [0.25, 0.3) is 0 Å². The second-order valence-corrected chi connectivity index (χ2v) is 5.16. The van der Waals surface area contributed by atoms with Gasteiger partial charge in [0.05, 0.1) is 19.4 Å². The minimum Gasteiger partial charge on any atom is -0.495 e. The van der Waals surface area contributed by atoms with E-state index in [2.05, 4.69) is 10.6 Å². The summed E-state index contributed by atoms with van der Waals surface area (Å²) in [4.78, 5) is 23.8. The summed E-state index contributed by atoms with van der Waals surface area (Å²) >= 11 is 5.95. The molecule has 2 amide bonds. The van der Waals surface area contributed by atoms with Crippen molar-refractivity contribution >= 4 is 35.0 Å². The van der Waals surface area contributed by atoms with Gasteiger partial charge >= 0.3 is 6.09 Å². The van der Waals surface area contributed by atoms with Crippen LogP contribution < -0.4 is 15.4 Å². The van der Waals surface area contributed by atoms with Crippen molar-refractivity contribution < 1.29 is 19.1 Å². The summed E-state index contributed by atoms with van der Waals surface area (Å²) in [5.74, 6) is 0.136. The molecule has 0 saturated carbocycles. The number of nitrogens with one attached hydrogen (secondary N) is 2. The number of amides is 2. The average molecular weight is 349 g/mol. The molecule has 7 heteroatoms. The molecule has 0 heterocycles. The number of rotatable bonds is 5. The summed E-state index contributed by atoms with van der Waals surface area (Å²) in [6.45, 7) is 1.97. The van der Waals surface area contributed by atoms with Gasteiger partial charge in [0.15, 0.2) is 0 Å². The Balaban J connectivity index is 2.16. The first kappa shape index (κ1) is 17.6. The van der Waals surface area contributed by atoms with Gasteiger partial charge in [0.1, 0.15) is 5.75 Å². The predicted octanol–water partition coefficient (Wildman–Crippen LogP) is 4.17. The summed E-state index contributed by atoms with van der Waals surface area (Å²) in [5.41, 5.74) is 1.28. The molecule has 2 N–H and O–H groups in total. The maximum atomic E-state index is 12.4. The lowest BCUT2D eigenvalue weighted by molar-refractivity contribution is 0.102. The van der Waals surface area contributed by atoms with Gasteiger partial charge < -0.3 is 14.8 Å². The minimum absolute atomic E-state index is 0.264. The van der Waals surface area contributed by atoms with Crippen LogP contribution in [0.3, 0.4) is 0 Å². The highest BCUT2D eigenvalue weighted by atomic mass is 35.5. The van der Waals surface area contributed by atoms with E-state index in [4.69, 9.17) is 21.1 Å². The van der Waals surface area contributed by atoms with Crippen LogP contribution in [0.15, 0.2) is 42.5 Å². The Kier molecular flexibility index (Phi) is 6.03. The van der Waals surface area contributed by atoms with Crippen molar-refractivity contribution in [3.63, 3.8) is 0 Å². The number of ether oxygens (including phenoxy) is 2. The molecule has 0 aromatic heterocycles. The molecule has 2 aromatic carbocycles. The molecule has 0 atom stereocenters. The molecular formula is C17H17ClN2O4. The van der Waals surface area contributed by atoms with E-state index in [1.807, 2.05) is 0 Å². The van der Waals surface area contributed by atoms with E-state index < -0.39 is 6.09 Å². The van der Waals surface area contributed by atoms with Crippen LogP contribution in [0, 0.1) is 0 Å². The molecule has 6 nitrogen and oxygen atoms in total. The molecule has 0 fully saturated rings. The van der Waals surface area contributed by atoms with Crippen molar-refractivity contribution in [2.45, 2.75) is 6.92 Å². The van der Waals surface area contributed by atoms with Gasteiger partial charge in [-0.25, -0.2) is 4.79 Å². The average Bonchev–Trinajstić information content (AvgIpc) is 2.55. The molecule has 0 radical (unpaired) electrons. The number of carbonyl (C=O) groups excluding carboxylic acids is 2. The van der Waals surface area contributed by atoms with Crippen LogP contribution in [-0.2, 0) is 4.74 Å². The summed E-state index contributed by atoms with van der Waals surface area (Å²) in [6.07, 6.45) is -0.577. The van der Waals surface area contributed by atoms with Gasteiger partial charge in [0, 0.05) is 16.3 Å². The normalized spacial score (nSPS) is 9.96. The fourth-order valence-electron chi connectivity index (χ4n) is 2.00. The van der Waals surface area contributed by atoms with Crippen molar-refractivity contribution in [2.24, 2.45) is 0 Å². The van der Waals surface area contributed by atoms with Gasteiger partial charge in [-0.05, 0) is 43.3 Å². The van der Waals surface area contributed by atoms with Gasteiger partial charge in [0.25, 0.3) is 5.91 Å². The topological polar surface area (TPSA) is 76.7 Å². The molecule has 0 spiro atoms. The monoisotopic (exact) mass is 348 g/mol. The number of benzene rings is 2. The van der Waals surface area contributed by atoms with Crippen LogP contribution >= 0.6 is 11.6 Å². The molecule has 2 aromatic rings. The van der Waals surface area contributed by atoms with E-state index in [-0.39, 0.29) is 12.5 Å². The first-order valence-electron chi connectivity index (χ1n) is 7.22. The van der Waals surface area contributed by atoms with E-state index in [0.717, 1.165) is 0 Å². The first-order valence-corrected chi connectivity index (χ1v) is 7.60. The van der Waals surface area contributed by atoms with Crippen molar-refractivity contribution in [1.82, 2.24) is 0 Å². The number of carbonyl (C=O) groups is 2. The van der Waals surface area contributed by atoms with Crippen LogP contribution in [-0.4, -0.2) is 25.7 Å². The van der Waals surface area contributed by atoms with Crippen LogP contribution in [0.4, 0.5) is 16.2 Å². The Bertz CT molecular complexity index is 749. The Labute approximate surface area is 144 Å². The van der Waals surface area contributed by atoms with E-state index >= 15 is 0 Å². The second kappa shape index (κ2) is 8.21. The molecule has 0 aliphatic rings. The third-order valence-electron chi connectivity index (χ3n) is 3.06. The Hall–Kier alpha value is -2.73. The molecule has 0 bridgehead atoms. The molecule has 2 rings (SSSR count). The van der Waals surface area contributed by atoms with Crippen molar-refractivity contribution in [2.75, 3.05) is 24.4 Å². The highest BCUT2D eigenvalue weighted by Gasteiger charge is 2.12. The van der Waals surface area contributed by atoms with E-state index in [1.165, 1.54) is 7.11 Å². The number of hydrogen-bond donors (Lipinski definition) is 2. The van der Waals surface area contributed by atoms with E-state index in [1.54, 1.807) is 49.4 Å². The Morgan fingerprint density at radius 3 is 2.62 bits per heavy atom. The van der Waals surface area contributed by atoms with Gasteiger partial charge in [-0.2, -0.15) is 0 Å². The van der Waals surface area contributed by atoms with E-state index in [0.29, 0.717) is 27.7 Å². The maximum absolute atomic E-state index is 12.4. The lowest BCUT2D eigenvalue weighted by atomic mass is 10.2. The molecule has 24 heavy (non-hydrogen) atoms. The smallest absolute Gasteiger partial charge is 0.411 e. The number of hydrogen-bond acceptors (Lipinski definition) is 4. The fraction of sp³-hybridized carbons (Fsp3) is 0.176. The van der Waals surface area contributed by atoms with Crippen LogP contribution in [0.1, 0.15) is 17.3 Å². The lowest BCUT2D eigenvalue weighted by Crippen LogP contribution is -2.15. The van der Waals surface area contributed by atoms with Crippen LogP contribution in [0.2, 0.25) is 5.02 Å². The third-order valence-corrected chi connectivity index (χ3v) is 3.29. The molecule has 0 saturated heterocycles. The number of methoxy groups -OCH3 is 1. The highest BCUT2D eigenvalue weighted by Crippen LogP contribution is 2.28. The number of halogens is 1. The molecule has 0 unspecified atom stereocenters. The Morgan fingerprint density at radius 1 is 1.12 bits per heavy atom. The van der Waals surface area contributed by atoms with Gasteiger partial charge in [-0.15, -0.1) is 0 Å². The zero-order valence-corrected chi connectivity index (χ0v) is 14.0. The predicted molar refractivity (Wildman–Crippen MR) is 93.0 cm³/mol. The summed E-state index contributed by atoms with van der Waals surface area (Å²) in [5, 5.41) is 5.75. The largest absolute Gasteiger partial charge is 0.495 e. The standard InChI is InChI=1S/C17H17ClN2O4/c1-3-24-17(22)19-13-6-4-5-11(9-13)16(21)20-14-10-12(18)7-8-15(14)23-2/h4-10H,3H2,1-2H3,(H,19,22)(H,20,21). The summed E-state index contributed by atoms with van der Waals surface area (Å²) < 4.78 is 10.00. The van der Waals surface area contributed by atoms with Crippen molar-refractivity contribution in [1.29, 1.82) is 0 Å². The fourth-order valence-corrected chi connectivity index (χ4v) is 2.17. The molecular weight excluding hydrogens is 332 g/mol. The first-order chi connectivity index (χ1) is 11.5. The van der Waals surface area contributed by atoms with Crippen molar-refractivity contribution in [3.8, 4) is 5.75 Å². The van der Waals surface area contributed by atoms with Gasteiger partial charge in [-0.1, -0.05) is 17.7 Å².